The molecule has 4 fully saturated rings. The van der Waals surface area contributed by atoms with Crippen LogP contribution in [0, 0.1) is 68.0 Å². The van der Waals surface area contributed by atoms with Gasteiger partial charge in [0.1, 0.15) is 23.7 Å². The van der Waals surface area contributed by atoms with Crippen LogP contribution in [-0.4, -0.2) is 57.7 Å². The molecule has 1 aromatic heterocycles. The van der Waals surface area contributed by atoms with E-state index in [1.165, 1.54) is 62.5 Å². The van der Waals surface area contributed by atoms with Crippen LogP contribution in [0.2, 0.25) is 0 Å². The number of rotatable bonds is 10. The lowest BCUT2D eigenvalue weighted by Gasteiger charge is -2.72. The van der Waals surface area contributed by atoms with Gasteiger partial charge in [-0.05, 0) is 152 Å². The van der Waals surface area contributed by atoms with E-state index < -0.39 is 17.5 Å². The number of aliphatic carboxylic acids is 1. The number of ether oxygens (including phenoxy) is 1. The maximum Gasteiger partial charge on any atom is 0.313 e. The smallest absolute Gasteiger partial charge is 0.313 e. The molecule has 7 rings (SSSR count). The summed E-state index contributed by atoms with van der Waals surface area (Å²) in [5, 5.41) is 43.8. The van der Waals surface area contributed by atoms with Gasteiger partial charge in [-0.2, -0.15) is 5.26 Å². The van der Waals surface area contributed by atoms with Crippen LogP contribution in [0.4, 0.5) is 0 Å². The van der Waals surface area contributed by atoms with Gasteiger partial charge in [0, 0.05) is 18.3 Å². The summed E-state index contributed by atoms with van der Waals surface area (Å²) < 4.78 is 5.93. The lowest BCUT2D eigenvalue weighted by Crippen LogP contribution is -2.68. The van der Waals surface area contributed by atoms with Crippen molar-refractivity contribution in [3.05, 3.63) is 47.2 Å². The minimum absolute atomic E-state index is 0.0113. The molecule has 290 valence electrons. The van der Waals surface area contributed by atoms with Crippen molar-refractivity contribution in [3.63, 3.8) is 0 Å². The molecule has 1 heterocycles. The maximum atomic E-state index is 12.7. The third-order valence-corrected chi connectivity index (χ3v) is 17.4. The number of nitriles is 1. The second kappa shape index (κ2) is 13.8. The topological polar surface area (TPSA) is 136 Å². The van der Waals surface area contributed by atoms with Gasteiger partial charge >= 0.3 is 5.97 Å². The average molecular weight is 728 g/mol. The van der Waals surface area contributed by atoms with E-state index in [2.05, 4.69) is 70.1 Å². The van der Waals surface area contributed by atoms with Gasteiger partial charge in [-0.3, -0.25) is 4.79 Å². The molecule has 1 aromatic rings. The van der Waals surface area contributed by atoms with Crippen molar-refractivity contribution >= 4 is 5.97 Å². The summed E-state index contributed by atoms with van der Waals surface area (Å²) in [5.41, 5.74) is 2.76. The number of nitrogens with one attached hydrogen (secondary N) is 1. The monoisotopic (exact) mass is 727 g/mol. The molecule has 8 nitrogen and oxygen atoms in total. The van der Waals surface area contributed by atoms with Crippen molar-refractivity contribution < 1.29 is 24.9 Å². The minimum atomic E-state index is -1.05. The molecular formula is C45H65N3O5. The molecule has 8 heteroatoms. The number of aliphatic hydroxyl groups is 2. The first kappa shape index (κ1) is 38.5. The fourth-order valence-electron chi connectivity index (χ4n) is 14.4. The van der Waals surface area contributed by atoms with Gasteiger partial charge in [-0.25, -0.2) is 4.98 Å². The van der Waals surface area contributed by atoms with Gasteiger partial charge in [0.15, 0.2) is 0 Å². The molecule has 0 radical (unpaired) electrons. The van der Waals surface area contributed by atoms with Crippen LogP contribution >= 0.6 is 0 Å². The number of fused-ring (bicyclic) bond motifs is 7. The van der Waals surface area contributed by atoms with Gasteiger partial charge in [0.25, 0.3) is 0 Å². The number of nitrogens with zero attached hydrogens (tertiary/aromatic N) is 2. The van der Waals surface area contributed by atoms with Gasteiger partial charge in [0.05, 0.1) is 12.7 Å². The molecule has 4 N–H and O–H groups in total. The number of β-amino-alcohol motifs (C(OH)–C–C–N with tert-alkyl or cyclic N) is 1. The van der Waals surface area contributed by atoms with Crippen molar-refractivity contribution in [1.82, 2.24) is 10.3 Å². The predicted molar refractivity (Wildman–Crippen MR) is 206 cm³/mol. The van der Waals surface area contributed by atoms with Crippen LogP contribution in [0.25, 0.3) is 0 Å². The van der Waals surface area contributed by atoms with E-state index >= 15 is 0 Å². The van der Waals surface area contributed by atoms with Gasteiger partial charge in [-0.15, -0.1) is 0 Å². The van der Waals surface area contributed by atoms with E-state index in [-0.39, 0.29) is 46.3 Å². The second-order valence-corrected chi connectivity index (χ2v) is 19.6. The summed E-state index contributed by atoms with van der Waals surface area (Å²) in [6.45, 7) is 15.6. The number of carbonyl (C=O) groups is 1. The molecule has 0 aliphatic heterocycles. The summed E-state index contributed by atoms with van der Waals surface area (Å²) in [6.07, 6.45) is 19.4. The molecule has 6 aliphatic rings. The van der Waals surface area contributed by atoms with Crippen molar-refractivity contribution in [1.29, 1.82) is 5.26 Å². The van der Waals surface area contributed by atoms with Gasteiger partial charge in [-0.1, -0.05) is 60.1 Å². The Morgan fingerprint density at radius 2 is 1.81 bits per heavy atom. The molecule has 53 heavy (non-hydrogen) atoms. The fraction of sp³-hybridized carbons (Fsp3) is 0.756. The Balaban J connectivity index is 1.13. The van der Waals surface area contributed by atoms with Gasteiger partial charge < -0.3 is 25.4 Å². The van der Waals surface area contributed by atoms with Crippen LogP contribution in [0.3, 0.4) is 0 Å². The Kier molecular flexibility index (Phi) is 10.0. The first-order valence-electron chi connectivity index (χ1n) is 20.8. The molecular weight excluding hydrogens is 663 g/mol. The number of hydrogen-bond donors (Lipinski definition) is 4. The third kappa shape index (κ3) is 5.84. The quantitative estimate of drug-likeness (QED) is 0.189. The molecule has 4 saturated carbocycles. The lowest BCUT2D eigenvalue weighted by molar-refractivity contribution is -0.222. The number of hydrogen-bond acceptors (Lipinski definition) is 7. The molecule has 0 amide bonds. The van der Waals surface area contributed by atoms with Crippen molar-refractivity contribution in [2.45, 2.75) is 137 Å². The molecule has 0 saturated heterocycles. The average Bonchev–Trinajstić information content (AvgIpc) is 3.52. The highest BCUT2D eigenvalue weighted by atomic mass is 16.5. The zero-order valence-electron chi connectivity index (χ0n) is 33.2. The zero-order chi connectivity index (χ0) is 38.0. The Morgan fingerprint density at radius 3 is 2.49 bits per heavy atom. The van der Waals surface area contributed by atoms with E-state index in [1.807, 2.05) is 0 Å². The van der Waals surface area contributed by atoms with E-state index in [0.717, 1.165) is 12.8 Å². The highest BCUT2D eigenvalue weighted by Crippen LogP contribution is 2.76. The summed E-state index contributed by atoms with van der Waals surface area (Å²) in [4.78, 5) is 16.9. The maximum absolute atomic E-state index is 12.7. The zero-order valence-corrected chi connectivity index (χ0v) is 33.2. The van der Waals surface area contributed by atoms with Crippen molar-refractivity contribution in [2.24, 2.45) is 56.7 Å². The van der Waals surface area contributed by atoms with Crippen molar-refractivity contribution in [3.8, 4) is 11.9 Å². The third-order valence-electron chi connectivity index (χ3n) is 17.4. The predicted octanol–water partition coefficient (Wildman–Crippen LogP) is 8.24. The number of aliphatic hydroxyl groups excluding tert-OH is 2. The summed E-state index contributed by atoms with van der Waals surface area (Å²) in [7, 11) is 0. The minimum Gasteiger partial charge on any atom is -0.481 e. The van der Waals surface area contributed by atoms with Crippen LogP contribution in [0.15, 0.2) is 41.6 Å². The van der Waals surface area contributed by atoms with Gasteiger partial charge in [0.2, 0.25) is 5.88 Å². The standard InChI is InChI=1S/C45H65N3O5/c1-7-29-14-21-45(48-26-32(50)27-49)23-22-42(5)34(37(29)45)10-11-36-41(4)17-15-33(40(2,3)35(41)16-18-43(36,42)6)30-12-19-44(20-13-30,39(51)52)28-53-38-31(25-46)9-8-24-47-38/h8-9,12,15,24,29,32,34-37,48-50H,7,10-11,13-14,16-23,26-28H2,1-6H3,(H,51,52)/t29-,32+,34-,35+,36-,37-,41+,42-,43-,44+,45+/m1/s1. The number of aromatic nitrogens is 1. The first-order valence-corrected chi connectivity index (χ1v) is 20.8. The largest absolute Gasteiger partial charge is 0.481 e. The lowest BCUT2D eigenvalue weighted by atomic mass is 9.33. The second-order valence-electron chi connectivity index (χ2n) is 19.6. The molecule has 11 atom stereocenters. The highest BCUT2D eigenvalue weighted by molar-refractivity contribution is 5.75. The van der Waals surface area contributed by atoms with Crippen LogP contribution in [-0.2, 0) is 4.79 Å². The molecule has 0 aromatic carbocycles. The Bertz CT molecular complexity index is 1680. The van der Waals surface area contributed by atoms with Crippen molar-refractivity contribution in [2.75, 3.05) is 19.8 Å². The van der Waals surface area contributed by atoms with Crippen LogP contribution in [0.1, 0.15) is 131 Å². The van der Waals surface area contributed by atoms with E-state index in [9.17, 15) is 25.4 Å². The fourth-order valence-corrected chi connectivity index (χ4v) is 14.4. The Hall–Kier alpha value is -2.73. The number of carboxylic acid groups (broad SMARTS) is 1. The molecule has 0 unspecified atom stereocenters. The van der Waals surface area contributed by atoms with E-state index in [0.29, 0.717) is 61.0 Å². The Labute approximate surface area is 317 Å². The van der Waals surface area contributed by atoms with E-state index in [1.54, 1.807) is 18.3 Å². The SMILES string of the molecule is CC[C@@H]1CC[C@]2(NC[C@H](O)CO)CC[C@]3(C)[C@H](CC[C@@H]4[C@@]5(C)CC=C(C6=CC[C@](COc7ncccc7C#N)(C(=O)O)CC6)C(C)(C)[C@@H]5CC[C@]43C)[C@@H]12. The molecule has 6 aliphatic carbocycles. The van der Waals surface area contributed by atoms with E-state index in [4.69, 9.17) is 4.74 Å². The summed E-state index contributed by atoms with van der Waals surface area (Å²) in [5.74, 6) is 2.54. The summed E-state index contributed by atoms with van der Waals surface area (Å²) >= 11 is 0. The first-order chi connectivity index (χ1) is 25.1. The molecule has 0 spiro atoms. The normalized spacial score (nSPS) is 42.1. The number of allylic oxidation sites excluding steroid dienone is 4. The number of pyridine rings is 1. The highest BCUT2D eigenvalue weighted by Gasteiger charge is 2.70. The van der Waals surface area contributed by atoms with Crippen LogP contribution in [0.5, 0.6) is 5.88 Å². The van der Waals surface area contributed by atoms with Crippen LogP contribution < -0.4 is 10.1 Å². The molecule has 0 bridgehead atoms. The number of carboxylic acids is 1. The summed E-state index contributed by atoms with van der Waals surface area (Å²) in [6, 6.07) is 5.42. The Morgan fingerprint density at radius 1 is 1.02 bits per heavy atom.